The van der Waals surface area contributed by atoms with E-state index in [1.54, 1.807) is 7.05 Å². The molecular weight excluding hydrogens is 254 g/mol. The zero-order valence-corrected chi connectivity index (χ0v) is 11.9. The number of carbonyl (C=O) groups excluding carboxylic acids is 1. The zero-order chi connectivity index (χ0) is 14.6. The average Bonchev–Trinajstić information content (AvgIpc) is 2.89. The van der Waals surface area contributed by atoms with E-state index < -0.39 is 0 Å². The van der Waals surface area contributed by atoms with Gasteiger partial charge in [-0.2, -0.15) is 0 Å². The van der Waals surface area contributed by atoms with Crippen LogP contribution in [0.2, 0.25) is 0 Å². The van der Waals surface area contributed by atoms with Crippen molar-refractivity contribution in [1.29, 1.82) is 0 Å². The van der Waals surface area contributed by atoms with Crippen LogP contribution in [0.5, 0.6) is 0 Å². The van der Waals surface area contributed by atoms with Gasteiger partial charge in [-0.15, -0.1) is 0 Å². The predicted octanol–water partition coefficient (Wildman–Crippen LogP) is 1.67. The molecule has 1 aliphatic carbocycles. The van der Waals surface area contributed by atoms with Gasteiger partial charge in [-0.3, -0.25) is 0 Å². The van der Waals surface area contributed by atoms with Gasteiger partial charge in [0.2, 0.25) is 0 Å². The molecular formula is C15H23N3O2. The van der Waals surface area contributed by atoms with E-state index in [4.69, 9.17) is 10.8 Å². The number of nitrogens with zero attached hydrogens (tertiary/aromatic N) is 1. The van der Waals surface area contributed by atoms with Crippen molar-refractivity contribution in [2.75, 3.05) is 25.9 Å². The van der Waals surface area contributed by atoms with Gasteiger partial charge in [0.25, 0.3) is 0 Å². The summed E-state index contributed by atoms with van der Waals surface area (Å²) in [5, 5.41) is 12.1. The Kier molecular flexibility index (Phi) is 4.49. The van der Waals surface area contributed by atoms with Crippen molar-refractivity contribution >= 4 is 11.7 Å². The van der Waals surface area contributed by atoms with Gasteiger partial charge < -0.3 is 21.1 Å². The van der Waals surface area contributed by atoms with Crippen molar-refractivity contribution in [2.24, 2.45) is 0 Å². The number of nitrogens with one attached hydrogen (secondary N) is 1. The van der Waals surface area contributed by atoms with Crippen molar-refractivity contribution in [3.05, 3.63) is 29.8 Å². The molecule has 0 saturated heterocycles. The van der Waals surface area contributed by atoms with Crippen molar-refractivity contribution in [1.82, 2.24) is 10.2 Å². The highest BCUT2D eigenvalue weighted by Gasteiger charge is 2.37. The lowest BCUT2D eigenvalue weighted by Crippen LogP contribution is -2.49. The number of anilines is 1. The van der Waals surface area contributed by atoms with Crippen LogP contribution in [-0.4, -0.2) is 36.2 Å². The summed E-state index contributed by atoms with van der Waals surface area (Å²) in [6.45, 7) is 0.308. The maximum absolute atomic E-state index is 12.2. The molecule has 0 unspecified atom stereocenters. The minimum Gasteiger partial charge on any atom is -0.399 e. The van der Waals surface area contributed by atoms with E-state index in [0.717, 1.165) is 36.9 Å². The number of likely N-dealkylation sites (N-methyl/N-ethyl adjacent to an activating group) is 1. The fourth-order valence-corrected chi connectivity index (χ4v) is 2.82. The summed E-state index contributed by atoms with van der Waals surface area (Å²) in [7, 11) is 1.69. The maximum Gasteiger partial charge on any atom is 0.317 e. The molecule has 0 atom stereocenters. The lowest BCUT2D eigenvalue weighted by Gasteiger charge is -2.33. The second-order valence-electron chi connectivity index (χ2n) is 5.49. The number of nitrogen functional groups attached to an aromatic ring is 1. The fourth-order valence-electron chi connectivity index (χ4n) is 2.82. The van der Waals surface area contributed by atoms with Gasteiger partial charge in [-0.25, -0.2) is 4.79 Å². The molecule has 1 aromatic carbocycles. The minimum absolute atomic E-state index is 0.0290. The van der Waals surface area contributed by atoms with Crippen LogP contribution in [0.15, 0.2) is 24.3 Å². The number of amides is 2. The van der Waals surface area contributed by atoms with E-state index in [9.17, 15) is 4.79 Å². The lowest BCUT2D eigenvalue weighted by atomic mass is 9.88. The molecule has 20 heavy (non-hydrogen) atoms. The molecule has 1 aliphatic rings. The van der Waals surface area contributed by atoms with Crippen LogP contribution in [0.1, 0.15) is 31.2 Å². The third-order valence-electron chi connectivity index (χ3n) is 4.05. The summed E-state index contributed by atoms with van der Waals surface area (Å²) >= 11 is 0. The van der Waals surface area contributed by atoms with Crippen LogP contribution < -0.4 is 11.1 Å². The summed E-state index contributed by atoms with van der Waals surface area (Å²) in [6, 6.07) is 7.59. The molecule has 0 aromatic heterocycles. The number of urea groups is 1. The Morgan fingerprint density at radius 2 is 1.95 bits per heavy atom. The van der Waals surface area contributed by atoms with Gasteiger partial charge >= 0.3 is 6.03 Å². The molecule has 2 rings (SSSR count). The van der Waals surface area contributed by atoms with Crippen molar-refractivity contribution < 1.29 is 9.90 Å². The van der Waals surface area contributed by atoms with E-state index in [-0.39, 0.29) is 18.2 Å². The Morgan fingerprint density at radius 3 is 2.50 bits per heavy atom. The van der Waals surface area contributed by atoms with E-state index in [2.05, 4.69) is 5.32 Å². The number of hydrogen-bond donors (Lipinski definition) is 3. The first kappa shape index (κ1) is 14.7. The highest BCUT2D eigenvalue weighted by atomic mass is 16.3. The summed E-state index contributed by atoms with van der Waals surface area (Å²) in [4.78, 5) is 13.7. The van der Waals surface area contributed by atoms with Gasteiger partial charge in [0.15, 0.2) is 0 Å². The molecule has 5 heteroatoms. The summed E-state index contributed by atoms with van der Waals surface area (Å²) < 4.78 is 0. The van der Waals surface area contributed by atoms with Crippen LogP contribution in [0, 0.1) is 0 Å². The van der Waals surface area contributed by atoms with Crippen LogP contribution in [0.3, 0.4) is 0 Å². The zero-order valence-electron chi connectivity index (χ0n) is 11.9. The molecule has 0 radical (unpaired) electrons. The van der Waals surface area contributed by atoms with E-state index in [1.165, 1.54) is 4.90 Å². The molecule has 110 valence electrons. The number of hydrogen-bond acceptors (Lipinski definition) is 3. The molecule has 0 aliphatic heterocycles. The topological polar surface area (TPSA) is 78.6 Å². The lowest BCUT2D eigenvalue weighted by molar-refractivity contribution is 0.177. The number of aliphatic hydroxyl groups excluding tert-OH is 1. The Morgan fingerprint density at radius 1 is 1.35 bits per heavy atom. The molecule has 1 saturated carbocycles. The van der Waals surface area contributed by atoms with Crippen molar-refractivity contribution in [3.63, 3.8) is 0 Å². The Labute approximate surface area is 119 Å². The molecule has 1 aromatic rings. The van der Waals surface area contributed by atoms with Gasteiger partial charge in [-0.05, 0) is 30.5 Å². The quantitative estimate of drug-likeness (QED) is 0.733. The third-order valence-corrected chi connectivity index (χ3v) is 4.05. The maximum atomic E-state index is 12.2. The first-order valence-corrected chi connectivity index (χ1v) is 7.07. The summed E-state index contributed by atoms with van der Waals surface area (Å²) in [6.07, 6.45) is 4.09. The number of rotatable bonds is 4. The summed E-state index contributed by atoms with van der Waals surface area (Å²) in [5.74, 6) is 0. The molecule has 5 nitrogen and oxygen atoms in total. The summed E-state index contributed by atoms with van der Waals surface area (Å²) in [5.41, 5.74) is 7.27. The van der Waals surface area contributed by atoms with Gasteiger partial charge in [0.05, 0.1) is 12.1 Å². The number of aliphatic hydroxyl groups is 1. The number of carbonyl (C=O) groups is 1. The van der Waals surface area contributed by atoms with Crippen LogP contribution in [0.25, 0.3) is 0 Å². The minimum atomic E-state index is -0.297. The monoisotopic (exact) mass is 277 g/mol. The van der Waals surface area contributed by atoms with Gasteiger partial charge in [0, 0.05) is 19.3 Å². The Bertz CT molecular complexity index is 453. The van der Waals surface area contributed by atoms with Gasteiger partial charge in [-0.1, -0.05) is 25.0 Å². The highest BCUT2D eigenvalue weighted by molar-refractivity contribution is 5.75. The molecule has 1 fully saturated rings. The SMILES string of the molecule is CN(CCO)C(=O)NC1(c2ccc(N)cc2)CCCC1. The van der Waals surface area contributed by atoms with Crippen molar-refractivity contribution in [2.45, 2.75) is 31.2 Å². The molecule has 4 N–H and O–H groups in total. The molecule has 0 heterocycles. The second kappa shape index (κ2) is 6.13. The Balaban J connectivity index is 2.18. The van der Waals surface area contributed by atoms with Crippen LogP contribution >= 0.6 is 0 Å². The molecule has 2 amide bonds. The predicted molar refractivity (Wildman–Crippen MR) is 79.2 cm³/mol. The highest BCUT2D eigenvalue weighted by Crippen LogP contribution is 2.39. The Hall–Kier alpha value is -1.75. The van der Waals surface area contributed by atoms with Crippen molar-refractivity contribution in [3.8, 4) is 0 Å². The standard InChI is InChI=1S/C15H23N3O2/c1-18(10-11-19)14(20)17-15(8-2-3-9-15)12-4-6-13(16)7-5-12/h4-7,19H,2-3,8-11,16H2,1H3,(H,17,20). The fraction of sp³-hybridized carbons (Fsp3) is 0.533. The first-order valence-electron chi connectivity index (χ1n) is 7.07. The largest absolute Gasteiger partial charge is 0.399 e. The van der Waals surface area contributed by atoms with E-state index in [0.29, 0.717) is 6.54 Å². The number of nitrogens with two attached hydrogens (primary N) is 1. The van der Waals surface area contributed by atoms with Gasteiger partial charge in [0.1, 0.15) is 0 Å². The van der Waals surface area contributed by atoms with E-state index in [1.807, 2.05) is 24.3 Å². The second-order valence-corrected chi connectivity index (χ2v) is 5.49. The first-order chi connectivity index (χ1) is 9.57. The number of benzene rings is 1. The smallest absolute Gasteiger partial charge is 0.317 e. The van der Waals surface area contributed by atoms with E-state index >= 15 is 0 Å². The average molecular weight is 277 g/mol. The molecule has 0 bridgehead atoms. The normalized spacial score (nSPS) is 16.9. The van der Waals surface area contributed by atoms with Crippen LogP contribution in [-0.2, 0) is 5.54 Å². The van der Waals surface area contributed by atoms with Crippen LogP contribution in [0.4, 0.5) is 10.5 Å². The molecule has 0 spiro atoms. The third kappa shape index (κ3) is 3.04.